The molecule has 1 aromatic rings. The molecule has 2 heterocycles. The Morgan fingerprint density at radius 3 is 2.71 bits per heavy atom. The van der Waals surface area contributed by atoms with Gasteiger partial charge in [-0.2, -0.15) is 21.2 Å². The van der Waals surface area contributed by atoms with Crippen LogP contribution in [0.3, 0.4) is 0 Å². The van der Waals surface area contributed by atoms with Crippen LogP contribution in [0.15, 0.2) is 11.2 Å². The van der Waals surface area contributed by atoms with Crippen LogP contribution < -0.4 is 5.32 Å². The van der Waals surface area contributed by atoms with Gasteiger partial charge in [-0.3, -0.25) is 5.10 Å². The van der Waals surface area contributed by atoms with Crippen molar-refractivity contribution in [3.05, 3.63) is 11.8 Å². The third kappa shape index (κ3) is 4.00. The molecule has 1 aliphatic heterocycles. The van der Waals surface area contributed by atoms with Crippen LogP contribution in [0, 0.1) is 0 Å². The maximum atomic E-state index is 12.8. The quantitative estimate of drug-likeness (QED) is 0.771. The van der Waals surface area contributed by atoms with Gasteiger partial charge in [0.25, 0.3) is 10.0 Å². The largest absolute Gasteiger partial charge is 0.313 e. The van der Waals surface area contributed by atoms with Gasteiger partial charge in [0.2, 0.25) is 0 Å². The molecule has 0 spiro atoms. The van der Waals surface area contributed by atoms with Gasteiger partial charge in [-0.1, -0.05) is 20.8 Å². The van der Waals surface area contributed by atoms with E-state index in [0.29, 0.717) is 35.7 Å². The van der Waals surface area contributed by atoms with E-state index in [2.05, 4.69) is 36.3 Å². The van der Waals surface area contributed by atoms with E-state index >= 15 is 0 Å². The second-order valence-corrected chi connectivity index (χ2v) is 9.24. The van der Waals surface area contributed by atoms with E-state index in [-0.39, 0.29) is 5.03 Å². The summed E-state index contributed by atoms with van der Waals surface area (Å²) in [5.41, 5.74) is 0.710. The summed E-state index contributed by atoms with van der Waals surface area (Å²) in [5, 5.41) is 10.7. The van der Waals surface area contributed by atoms with E-state index in [9.17, 15) is 8.42 Å². The number of nitrogens with one attached hydrogen (secondary N) is 2. The highest BCUT2D eigenvalue weighted by Crippen LogP contribution is 2.29. The third-order valence-corrected chi connectivity index (χ3v) is 6.48. The van der Waals surface area contributed by atoms with Crippen LogP contribution >= 0.6 is 11.8 Å². The third-order valence-electron chi connectivity index (χ3n) is 3.40. The maximum Gasteiger partial charge on any atom is 0.260 e. The summed E-state index contributed by atoms with van der Waals surface area (Å²) in [7, 11) is -3.49. The first-order valence-electron chi connectivity index (χ1n) is 7.33. The smallest absolute Gasteiger partial charge is 0.260 e. The molecule has 1 aromatic heterocycles. The normalized spacial score (nSPS) is 24.3. The van der Waals surface area contributed by atoms with Crippen molar-refractivity contribution in [3.8, 4) is 0 Å². The monoisotopic (exact) mass is 332 g/mol. The number of H-pyrrole nitrogens is 1. The average Bonchev–Trinajstić information content (AvgIpc) is 2.87. The van der Waals surface area contributed by atoms with E-state index in [0.717, 1.165) is 13.0 Å². The summed E-state index contributed by atoms with van der Waals surface area (Å²) >= 11 is 1.84. The molecular formula is C13H24N4O2S2. The number of aromatic amines is 1. The molecule has 1 aliphatic rings. The van der Waals surface area contributed by atoms with Gasteiger partial charge in [-0.15, -0.1) is 0 Å². The SMILES string of the molecule is CCCNCc1cn[nH]c1S(=O)(=O)N1CC(C)SC(C)C1. The fraction of sp³-hybridized carbons (Fsp3) is 0.769. The highest BCUT2D eigenvalue weighted by atomic mass is 32.2. The van der Waals surface area contributed by atoms with Crippen molar-refractivity contribution in [2.45, 2.75) is 49.3 Å². The second kappa shape index (κ2) is 7.13. The summed E-state index contributed by atoms with van der Waals surface area (Å²) in [6, 6.07) is 0. The van der Waals surface area contributed by atoms with E-state index in [4.69, 9.17) is 0 Å². The molecule has 2 unspecified atom stereocenters. The molecule has 120 valence electrons. The average molecular weight is 332 g/mol. The second-order valence-electron chi connectivity index (χ2n) is 5.48. The molecule has 0 radical (unpaired) electrons. The lowest BCUT2D eigenvalue weighted by molar-refractivity contribution is 0.402. The Kier molecular flexibility index (Phi) is 5.70. The number of aromatic nitrogens is 2. The lowest BCUT2D eigenvalue weighted by Crippen LogP contribution is -2.44. The van der Waals surface area contributed by atoms with Crippen molar-refractivity contribution in [3.63, 3.8) is 0 Å². The van der Waals surface area contributed by atoms with E-state index < -0.39 is 10.0 Å². The van der Waals surface area contributed by atoms with Crippen LogP contribution in [0.1, 0.15) is 32.8 Å². The molecule has 2 atom stereocenters. The van der Waals surface area contributed by atoms with E-state index in [1.165, 1.54) is 0 Å². The van der Waals surface area contributed by atoms with Crippen molar-refractivity contribution in [1.82, 2.24) is 19.8 Å². The van der Waals surface area contributed by atoms with Gasteiger partial charge in [0, 0.05) is 35.7 Å². The van der Waals surface area contributed by atoms with Crippen molar-refractivity contribution in [1.29, 1.82) is 0 Å². The molecule has 8 heteroatoms. The van der Waals surface area contributed by atoms with Gasteiger partial charge in [0.15, 0.2) is 5.03 Å². The van der Waals surface area contributed by atoms with Gasteiger partial charge >= 0.3 is 0 Å². The Balaban J connectivity index is 2.17. The van der Waals surface area contributed by atoms with E-state index in [1.54, 1.807) is 10.5 Å². The maximum absolute atomic E-state index is 12.8. The summed E-state index contributed by atoms with van der Waals surface area (Å²) in [6.45, 7) is 8.70. The van der Waals surface area contributed by atoms with Crippen molar-refractivity contribution in [2.75, 3.05) is 19.6 Å². The summed E-state index contributed by atoms with van der Waals surface area (Å²) in [6.07, 6.45) is 2.61. The molecule has 6 nitrogen and oxygen atoms in total. The fourth-order valence-electron chi connectivity index (χ4n) is 2.50. The van der Waals surface area contributed by atoms with Crippen LogP contribution in [-0.4, -0.2) is 53.1 Å². The number of sulfonamides is 1. The van der Waals surface area contributed by atoms with Gasteiger partial charge in [-0.25, -0.2) is 8.42 Å². The Labute approximate surface area is 131 Å². The molecule has 0 saturated carbocycles. The first-order valence-corrected chi connectivity index (χ1v) is 9.72. The zero-order valence-corrected chi connectivity index (χ0v) is 14.4. The molecule has 0 amide bonds. The van der Waals surface area contributed by atoms with Crippen LogP contribution in [0.4, 0.5) is 0 Å². The van der Waals surface area contributed by atoms with Gasteiger partial charge in [0.05, 0.1) is 6.20 Å². The minimum atomic E-state index is -3.49. The fourth-order valence-corrected chi connectivity index (χ4v) is 5.74. The Hall–Kier alpha value is -0.570. The molecule has 2 N–H and O–H groups in total. The Morgan fingerprint density at radius 2 is 2.10 bits per heavy atom. The molecule has 0 aromatic carbocycles. The van der Waals surface area contributed by atoms with Crippen molar-refractivity contribution in [2.24, 2.45) is 0 Å². The minimum absolute atomic E-state index is 0.234. The number of hydrogen-bond acceptors (Lipinski definition) is 5. The number of thioether (sulfide) groups is 1. The standard InChI is InChI=1S/C13H24N4O2S2/c1-4-5-14-6-12-7-15-16-13(12)21(18,19)17-8-10(2)20-11(3)9-17/h7,10-11,14H,4-6,8-9H2,1-3H3,(H,15,16). The number of rotatable bonds is 6. The van der Waals surface area contributed by atoms with Crippen LogP contribution in [0.25, 0.3) is 0 Å². The lowest BCUT2D eigenvalue weighted by atomic mass is 10.3. The van der Waals surface area contributed by atoms with Crippen molar-refractivity contribution < 1.29 is 8.42 Å². The van der Waals surface area contributed by atoms with Crippen LogP contribution in [0.2, 0.25) is 0 Å². The van der Waals surface area contributed by atoms with E-state index in [1.807, 2.05) is 11.8 Å². The summed E-state index contributed by atoms with van der Waals surface area (Å²) < 4.78 is 27.2. The summed E-state index contributed by atoms with van der Waals surface area (Å²) in [4.78, 5) is 0. The summed E-state index contributed by atoms with van der Waals surface area (Å²) in [5.74, 6) is 0. The topological polar surface area (TPSA) is 78.1 Å². The number of hydrogen-bond donors (Lipinski definition) is 2. The predicted octanol–water partition coefficient (Wildman–Crippen LogP) is 1.42. The Bertz CT molecular complexity index is 548. The van der Waals surface area contributed by atoms with Gasteiger partial charge in [0.1, 0.15) is 0 Å². The first kappa shape index (κ1) is 16.8. The molecule has 0 bridgehead atoms. The molecule has 0 aliphatic carbocycles. The molecule has 21 heavy (non-hydrogen) atoms. The number of nitrogens with zero attached hydrogens (tertiary/aromatic N) is 2. The molecule has 2 rings (SSSR count). The van der Waals surface area contributed by atoms with Crippen LogP contribution in [0.5, 0.6) is 0 Å². The molecule has 1 fully saturated rings. The van der Waals surface area contributed by atoms with Gasteiger partial charge < -0.3 is 5.32 Å². The minimum Gasteiger partial charge on any atom is -0.313 e. The predicted molar refractivity (Wildman–Crippen MR) is 85.9 cm³/mol. The van der Waals surface area contributed by atoms with Gasteiger partial charge in [-0.05, 0) is 13.0 Å². The highest BCUT2D eigenvalue weighted by molar-refractivity contribution is 8.00. The molecule has 1 saturated heterocycles. The molecular weight excluding hydrogens is 308 g/mol. The zero-order chi connectivity index (χ0) is 15.5. The van der Waals surface area contributed by atoms with Crippen LogP contribution in [-0.2, 0) is 16.6 Å². The van der Waals surface area contributed by atoms with Crippen molar-refractivity contribution >= 4 is 21.8 Å². The Morgan fingerprint density at radius 1 is 1.43 bits per heavy atom. The first-order chi connectivity index (χ1) is 9.95. The lowest BCUT2D eigenvalue weighted by Gasteiger charge is -2.33. The highest BCUT2D eigenvalue weighted by Gasteiger charge is 2.34. The zero-order valence-electron chi connectivity index (χ0n) is 12.8.